The molecular weight excluding hydrogens is 438 g/mol. The summed E-state index contributed by atoms with van der Waals surface area (Å²) in [5, 5.41) is 3.02. The average Bonchev–Trinajstić information content (AvgIpc) is 3.81. The van der Waals surface area contributed by atoms with Crippen molar-refractivity contribution in [3.05, 3.63) is 82.9 Å². The number of benzene rings is 3. The number of rotatable bonds is 8. The molecule has 3 aromatic carbocycles. The largest absolute Gasteiger partial charge is 0.454 e. The second kappa shape index (κ2) is 8.56. The van der Waals surface area contributed by atoms with E-state index in [-0.39, 0.29) is 19.9 Å². The van der Waals surface area contributed by atoms with Crippen LogP contribution in [0.5, 0.6) is 11.5 Å². The smallest absolute Gasteiger partial charge is 0.251 e. The molecule has 1 amide bonds. The van der Waals surface area contributed by atoms with Gasteiger partial charge in [-0.1, -0.05) is 36.4 Å². The van der Waals surface area contributed by atoms with E-state index in [1.165, 1.54) is 12.8 Å². The zero-order chi connectivity index (χ0) is 24.0. The molecule has 0 radical (unpaired) electrons. The van der Waals surface area contributed by atoms with Gasteiger partial charge in [-0.05, 0) is 90.6 Å². The number of nitrogens with one attached hydrogen (secondary N) is 1. The summed E-state index contributed by atoms with van der Waals surface area (Å²) in [5.41, 5.74) is 5.58. The van der Waals surface area contributed by atoms with Crippen LogP contribution >= 0.6 is 0 Å². The van der Waals surface area contributed by atoms with Gasteiger partial charge in [0.05, 0.1) is 5.41 Å². The van der Waals surface area contributed by atoms with Crippen molar-refractivity contribution in [3.63, 3.8) is 0 Å². The Morgan fingerprint density at radius 2 is 1.74 bits per heavy atom. The van der Waals surface area contributed by atoms with E-state index in [9.17, 15) is 9.59 Å². The topological polar surface area (TPSA) is 64.6 Å². The Kier molecular flexibility index (Phi) is 5.36. The minimum absolute atomic E-state index is 0. The molecule has 1 N–H and O–H groups in total. The van der Waals surface area contributed by atoms with E-state index >= 15 is 0 Å². The van der Waals surface area contributed by atoms with Crippen LogP contribution in [-0.2, 0) is 16.6 Å². The third kappa shape index (κ3) is 4.31. The Balaban J connectivity index is 0.00000267. The van der Waals surface area contributed by atoms with Crippen LogP contribution in [0.4, 0.5) is 0 Å². The Morgan fingerprint density at radius 3 is 2.49 bits per heavy atom. The van der Waals surface area contributed by atoms with E-state index in [1.54, 1.807) is 0 Å². The van der Waals surface area contributed by atoms with E-state index in [0.717, 1.165) is 58.7 Å². The number of aryl methyl sites for hydroxylation is 1. The minimum atomic E-state index is -0.415. The summed E-state index contributed by atoms with van der Waals surface area (Å²) >= 11 is 0. The van der Waals surface area contributed by atoms with Crippen molar-refractivity contribution in [3.8, 4) is 22.6 Å². The van der Waals surface area contributed by atoms with Gasteiger partial charge >= 0.3 is 0 Å². The number of fused-ring (bicyclic) bond motifs is 1. The highest BCUT2D eigenvalue weighted by atomic mass is 16.7. The molecule has 1 aliphatic heterocycles. The molecule has 0 aromatic heterocycles. The van der Waals surface area contributed by atoms with Gasteiger partial charge < -0.3 is 14.8 Å². The van der Waals surface area contributed by atoms with Crippen molar-refractivity contribution >= 4 is 11.7 Å². The molecule has 5 heteroatoms. The van der Waals surface area contributed by atoms with Crippen LogP contribution in [0.3, 0.4) is 0 Å². The van der Waals surface area contributed by atoms with Crippen LogP contribution in [0.2, 0.25) is 0 Å². The number of hydrogen-bond acceptors (Lipinski definition) is 4. The first-order valence-corrected chi connectivity index (χ1v) is 12.4. The quantitative estimate of drug-likeness (QED) is 0.465. The average molecular weight is 470 g/mol. The zero-order valence-electron chi connectivity index (χ0n) is 19.9. The summed E-state index contributed by atoms with van der Waals surface area (Å²) in [6.45, 7) is 3.08. The monoisotopic (exact) mass is 469 g/mol. The lowest BCUT2D eigenvalue weighted by molar-refractivity contribution is -0.120. The summed E-state index contributed by atoms with van der Waals surface area (Å²) in [5.74, 6) is 2.35. The summed E-state index contributed by atoms with van der Waals surface area (Å²) in [4.78, 5) is 25.8. The molecule has 2 aliphatic carbocycles. The van der Waals surface area contributed by atoms with Gasteiger partial charge in [-0.2, -0.15) is 0 Å². The van der Waals surface area contributed by atoms with Crippen molar-refractivity contribution < 1.29 is 20.5 Å². The molecule has 3 aliphatic rings. The van der Waals surface area contributed by atoms with Gasteiger partial charge in [0.1, 0.15) is 5.78 Å². The maximum atomic E-state index is 13.4. The highest BCUT2D eigenvalue weighted by molar-refractivity contribution is 5.96. The van der Waals surface area contributed by atoms with Gasteiger partial charge in [0.25, 0.3) is 5.91 Å². The van der Waals surface area contributed by atoms with Crippen molar-refractivity contribution in [2.75, 3.05) is 13.3 Å². The van der Waals surface area contributed by atoms with Gasteiger partial charge in [0.15, 0.2) is 11.5 Å². The molecule has 0 atom stereocenters. The van der Waals surface area contributed by atoms with Crippen LogP contribution in [-0.4, -0.2) is 25.0 Å². The Bertz CT molecular complexity index is 1310. The third-order valence-electron chi connectivity index (χ3n) is 7.58. The van der Waals surface area contributed by atoms with E-state index in [2.05, 4.69) is 24.4 Å². The first-order valence-electron chi connectivity index (χ1n) is 12.4. The van der Waals surface area contributed by atoms with Crippen LogP contribution < -0.4 is 14.8 Å². The SMILES string of the molecule is Cc1ccc(CC(=O)C2(c3ccc4c(c3)OCO4)CC2)cc1-c1ccc(C(=O)NCC2CC2)cc1.[HH]. The summed E-state index contributed by atoms with van der Waals surface area (Å²) < 4.78 is 11.0. The molecule has 180 valence electrons. The van der Waals surface area contributed by atoms with Crippen molar-refractivity contribution in [2.45, 2.75) is 44.4 Å². The first-order chi connectivity index (χ1) is 17.0. The summed E-state index contributed by atoms with van der Waals surface area (Å²) in [7, 11) is 0. The fraction of sp³-hybridized carbons (Fsp3) is 0.333. The Labute approximate surface area is 206 Å². The van der Waals surface area contributed by atoms with Gasteiger partial charge in [-0.3, -0.25) is 9.59 Å². The Hall–Kier alpha value is -3.60. The molecule has 35 heavy (non-hydrogen) atoms. The van der Waals surface area contributed by atoms with Gasteiger partial charge in [-0.15, -0.1) is 0 Å². The highest BCUT2D eigenvalue weighted by Crippen LogP contribution is 2.51. The van der Waals surface area contributed by atoms with Crippen LogP contribution in [0, 0.1) is 12.8 Å². The molecular formula is C30H31NO4. The first kappa shape index (κ1) is 21.9. The lowest BCUT2D eigenvalue weighted by Gasteiger charge is -2.16. The number of amides is 1. The third-order valence-corrected chi connectivity index (χ3v) is 7.58. The zero-order valence-corrected chi connectivity index (χ0v) is 19.9. The van der Waals surface area contributed by atoms with E-state index in [4.69, 9.17) is 9.47 Å². The van der Waals surface area contributed by atoms with Gasteiger partial charge in [0, 0.05) is 20.0 Å². The number of Topliss-reactive ketones (excluding diaryl/α,β-unsaturated/α-hetero) is 1. The highest BCUT2D eigenvalue weighted by Gasteiger charge is 2.50. The van der Waals surface area contributed by atoms with Crippen LogP contribution in [0.15, 0.2) is 60.7 Å². The van der Waals surface area contributed by atoms with Gasteiger partial charge in [0.2, 0.25) is 6.79 Å². The molecule has 1 heterocycles. The lowest BCUT2D eigenvalue weighted by atomic mass is 9.87. The minimum Gasteiger partial charge on any atom is -0.454 e. The predicted octanol–water partition coefficient (Wildman–Crippen LogP) is 5.62. The second-order valence-corrected chi connectivity index (χ2v) is 10.1. The molecule has 6 rings (SSSR count). The maximum Gasteiger partial charge on any atom is 0.251 e. The summed E-state index contributed by atoms with van der Waals surface area (Å²) in [6, 6.07) is 19.9. The number of carbonyl (C=O) groups excluding carboxylic acids is 2. The fourth-order valence-electron chi connectivity index (χ4n) is 4.95. The van der Waals surface area contributed by atoms with Crippen LogP contribution in [0.1, 0.15) is 54.2 Å². The Morgan fingerprint density at radius 1 is 0.971 bits per heavy atom. The van der Waals surface area contributed by atoms with E-state index in [1.807, 2.05) is 48.5 Å². The van der Waals surface area contributed by atoms with Crippen molar-refractivity contribution in [1.82, 2.24) is 5.32 Å². The lowest BCUT2D eigenvalue weighted by Crippen LogP contribution is -2.25. The molecule has 5 nitrogen and oxygen atoms in total. The van der Waals surface area contributed by atoms with Crippen molar-refractivity contribution in [2.24, 2.45) is 5.92 Å². The van der Waals surface area contributed by atoms with Crippen LogP contribution in [0.25, 0.3) is 11.1 Å². The molecule has 0 saturated heterocycles. The number of carbonyl (C=O) groups is 2. The number of ether oxygens (including phenoxy) is 2. The fourth-order valence-corrected chi connectivity index (χ4v) is 4.95. The predicted molar refractivity (Wildman–Crippen MR) is 136 cm³/mol. The maximum absolute atomic E-state index is 13.4. The second-order valence-electron chi connectivity index (χ2n) is 10.1. The number of hydrogen-bond donors (Lipinski definition) is 1. The molecule has 0 bridgehead atoms. The van der Waals surface area contributed by atoms with E-state index < -0.39 is 5.41 Å². The molecule has 2 fully saturated rings. The van der Waals surface area contributed by atoms with Gasteiger partial charge in [-0.25, -0.2) is 0 Å². The van der Waals surface area contributed by atoms with E-state index in [0.29, 0.717) is 17.9 Å². The number of ketones is 1. The summed E-state index contributed by atoms with van der Waals surface area (Å²) in [6.07, 6.45) is 4.57. The molecule has 3 aromatic rings. The molecule has 2 saturated carbocycles. The normalized spacial score (nSPS) is 17.2. The standard InChI is InChI=1S/C30H29NO4.H2/c1-19-2-3-21(14-25(19)22-6-8-23(9-7-22)29(33)31-17-20-4-5-20)15-28(32)30(12-13-30)24-10-11-26-27(16-24)35-18-34-26;/h2-3,6-11,14,16,20H,4-5,12-13,15,17-18H2,1H3,(H,31,33);1H. The molecule has 0 unspecified atom stereocenters. The molecule has 0 spiro atoms. The van der Waals surface area contributed by atoms with Crippen molar-refractivity contribution in [1.29, 1.82) is 0 Å².